The van der Waals surface area contributed by atoms with E-state index >= 15 is 0 Å². The van der Waals surface area contributed by atoms with Crippen LogP contribution in [0.4, 0.5) is 4.79 Å². The summed E-state index contributed by atoms with van der Waals surface area (Å²) in [4.78, 5) is 15.6. The molecule has 4 rings (SSSR count). The summed E-state index contributed by atoms with van der Waals surface area (Å²) >= 11 is 0. The van der Waals surface area contributed by atoms with Crippen LogP contribution in [-0.4, -0.2) is 49.5 Å². The van der Waals surface area contributed by atoms with Gasteiger partial charge in [0.1, 0.15) is 11.5 Å². The van der Waals surface area contributed by atoms with Gasteiger partial charge in [-0.2, -0.15) is 10.1 Å². The molecule has 1 aliphatic heterocycles. The highest BCUT2D eigenvalue weighted by molar-refractivity contribution is 5.81. The van der Waals surface area contributed by atoms with E-state index in [1.807, 2.05) is 36.2 Å². The highest BCUT2D eigenvalue weighted by Gasteiger charge is 2.29. The first-order valence-electron chi connectivity index (χ1n) is 13.6. The van der Waals surface area contributed by atoms with Crippen LogP contribution < -0.4 is 9.47 Å². The number of nitrogens with zero attached hydrogens (tertiary/aromatic N) is 3. The Morgan fingerprint density at radius 3 is 2.31 bits per heavy atom. The molecular formula is C33H39N3O3. The van der Waals surface area contributed by atoms with Crippen LogP contribution in [0.1, 0.15) is 49.3 Å². The number of rotatable bonds is 9. The number of aryl methyl sites for hydroxylation is 1. The number of allylic oxidation sites excluding steroid dienone is 1. The Labute approximate surface area is 232 Å². The molecule has 6 heteroatoms. The Morgan fingerprint density at radius 2 is 1.72 bits per heavy atom. The monoisotopic (exact) mass is 525 g/mol. The fourth-order valence-corrected chi connectivity index (χ4v) is 5.33. The molecule has 3 aromatic rings. The van der Waals surface area contributed by atoms with Crippen molar-refractivity contribution in [3.05, 3.63) is 89.6 Å². The summed E-state index contributed by atoms with van der Waals surface area (Å²) in [5, 5.41) is 5.52. The molecule has 0 saturated carbocycles. The fraction of sp³-hybridized carbons (Fsp3) is 0.333. The number of carbonyl (C=O) groups is 1. The normalized spacial score (nSPS) is 15.5. The number of hydrogen-bond acceptors (Lipinski definition) is 4. The minimum absolute atomic E-state index is 0.123. The Hall–Kier alpha value is -4.06. The van der Waals surface area contributed by atoms with Crippen molar-refractivity contribution in [2.45, 2.75) is 52.0 Å². The molecule has 0 radical (unpaired) electrons. The number of methoxy groups -OCH3 is 2. The highest BCUT2D eigenvalue weighted by Crippen LogP contribution is 2.40. The van der Waals surface area contributed by atoms with Crippen LogP contribution in [0.15, 0.2) is 78.0 Å². The van der Waals surface area contributed by atoms with Crippen LogP contribution in [-0.2, 0) is 6.42 Å². The molecule has 1 atom stereocenters. The van der Waals surface area contributed by atoms with Crippen molar-refractivity contribution in [3.63, 3.8) is 0 Å². The van der Waals surface area contributed by atoms with Gasteiger partial charge >= 0.3 is 6.03 Å². The molecule has 1 saturated heterocycles. The van der Waals surface area contributed by atoms with E-state index in [0.29, 0.717) is 0 Å². The summed E-state index contributed by atoms with van der Waals surface area (Å²) in [6.45, 7) is 8.55. The van der Waals surface area contributed by atoms with Crippen LogP contribution in [0.3, 0.4) is 0 Å². The first kappa shape index (κ1) is 28.0. The van der Waals surface area contributed by atoms with Gasteiger partial charge in [-0.3, -0.25) is 0 Å². The third-order valence-corrected chi connectivity index (χ3v) is 7.39. The second kappa shape index (κ2) is 13.1. The molecule has 0 aromatic heterocycles. The molecule has 6 nitrogen and oxygen atoms in total. The number of hydrogen-bond donors (Lipinski definition) is 0. The van der Waals surface area contributed by atoms with Gasteiger partial charge in [-0.1, -0.05) is 61.5 Å². The SMILES string of the molecule is C=NN(/C=C(\CC)c1ccc(-c2c(OC)cc(C)cc2OC)cc1)C(=O)N1CCCCC1Cc1ccccc1. The van der Waals surface area contributed by atoms with Crippen molar-refractivity contribution in [1.82, 2.24) is 9.91 Å². The lowest BCUT2D eigenvalue weighted by molar-refractivity contribution is 0.128. The zero-order valence-corrected chi connectivity index (χ0v) is 23.5. The van der Waals surface area contributed by atoms with E-state index in [1.165, 1.54) is 10.6 Å². The number of benzene rings is 3. The molecule has 1 fully saturated rings. The highest BCUT2D eigenvalue weighted by atomic mass is 16.5. The zero-order chi connectivity index (χ0) is 27.8. The average molecular weight is 526 g/mol. The zero-order valence-electron chi connectivity index (χ0n) is 23.5. The first-order chi connectivity index (χ1) is 19.0. The number of hydrazone groups is 1. The van der Waals surface area contributed by atoms with Gasteiger partial charge in [-0.25, -0.2) is 4.79 Å². The predicted octanol–water partition coefficient (Wildman–Crippen LogP) is 7.56. The number of piperidine rings is 1. The Morgan fingerprint density at radius 1 is 1.05 bits per heavy atom. The molecule has 39 heavy (non-hydrogen) atoms. The van der Waals surface area contributed by atoms with Crippen molar-refractivity contribution in [2.75, 3.05) is 20.8 Å². The second-order valence-electron chi connectivity index (χ2n) is 9.93. The minimum Gasteiger partial charge on any atom is -0.496 e. The predicted molar refractivity (Wildman–Crippen MR) is 159 cm³/mol. The van der Waals surface area contributed by atoms with Crippen LogP contribution >= 0.6 is 0 Å². The van der Waals surface area contributed by atoms with E-state index in [-0.39, 0.29) is 12.1 Å². The first-order valence-corrected chi connectivity index (χ1v) is 13.6. The van der Waals surface area contributed by atoms with Gasteiger partial charge in [0.25, 0.3) is 0 Å². The summed E-state index contributed by atoms with van der Waals surface area (Å²) in [6.07, 6.45) is 6.52. The number of ether oxygens (including phenoxy) is 2. The van der Waals surface area contributed by atoms with Gasteiger partial charge in [0.15, 0.2) is 0 Å². The molecule has 0 spiro atoms. The lowest BCUT2D eigenvalue weighted by Crippen LogP contribution is -2.48. The Balaban J connectivity index is 1.58. The van der Waals surface area contributed by atoms with Gasteiger partial charge in [0.2, 0.25) is 0 Å². The molecule has 0 aliphatic carbocycles. The summed E-state index contributed by atoms with van der Waals surface area (Å²) in [6, 6.07) is 22.7. The molecule has 0 N–H and O–H groups in total. The maximum atomic E-state index is 13.7. The van der Waals surface area contributed by atoms with Crippen molar-refractivity contribution in [2.24, 2.45) is 5.10 Å². The number of amides is 2. The molecule has 1 unspecified atom stereocenters. The lowest BCUT2D eigenvalue weighted by Gasteiger charge is -2.37. The van der Waals surface area contributed by atoms with Gasteiger partial charge < -0.3 is 14.4 Å². The van der Waals surface area contributed by atoms with E-state index < -0.39 is 0 Å². The van der Waals surface area contributed by atoms with Crippen molar-refractivity contribution in [3.8, 4) is 22.6 Å². The molecule has 1 heterocycles. The summed E-state index contributed by atoms with van der Waals surface area (Å²) < 4.78 is 11.3. The Bertz CT molecular complexity index is 1280. The van der Waals surface area contributed by atoms with Crippen LogP contribution in [0.2, 0.25) is 0 Å². The van der Waals surface area contributed by atoms with E-state index in [9.17, 15) is 4.79 Å². The largest absolute Gasteiger partial charge is 0.496 e. The van der Waals surface area contributed by atoms with E-state index in [2.05, 4.69) is 67.3 Å². The summed E-state index contributed by atoms with van der Waals surface area (Å²) in [5.74, 6) is 1.54. The topological polar surface area (TPSA) is 54.4 Å². The molecule has 0 bridgehead atoms. The number of carbonyl (C=O) groups excluding carboxylic acids is 1. The van der Waals surface area contributed by atoms with Gasteiger partial charge in [0.05, 0.1) is 19.8 Å². The van der Waals surface area contributed by atoms with Crippen molar-refractivity contribution in [1.29, 1.82) is 0 Å². The van der Waals surface area contributed by atoms with Crippen LogP contribution in [0.5, 0.6) is 11.5 Å². The van der Waals surface area contributed by atoms with Crippen LogP contribution in [0.25, 0.3) is 16.7 Å². The van der Waals surface area contributed by atoms with E-state index in [0.717, 1.165) is 78.0 Å². The number of likely N-dealkylation sites (tertiary alicyclic amines) is 1. The van der Waals surface area contributed by atoms with Crippen molar-refractivity contribution >= 4 is 18.3 Å². The fourth-order valence-electron chi connectivity index (χ4n) is 5.33. The van der Waals surface area contributed by atoms with Gasteiger partial charge in [-0.15, -0.1) is 0 Å². The molecule has 2 amide bonds. The van der Waals surface area contributed by atoms with Crippen LogP contribution in [0, 0.1) is 6.92 Å². The molecule has 3 aromatic carbocycles. The Kier molecular flexibility index (Phi) is 9.42. The summed E-state index contributed by atoms with van der Waals surface area (Å²) in [7, 11) is 3.34. The van der Waals surface area contributed by atoms with E-state index in [1.54, 1.807) is 14.2 Å². The molecular weight excluding hydrogens is 486 g/mol. The standard InChI is InChI=1S/C33H39N3O3/c1-6-26(27-15-17-28(18-16-27)32-30(38-4)20-24(2)21-31(32)39-5)23-36(34-3)33(37)35-19-11-10-14-29(35)22-25-12-8-7-9-13-25/h7-9,12-13,15-18,20-21,23,29H,3,6,10-11,14,19,22H2,1-2,4-5H3/b26-23+. The van der Waals surface area contributed by atoms with Crippen molar-refractivity contribution < 1.29 is 14.3 Å². The molecule has 1 aliphatic rings. The smallest absolute Gasteiger partial charge is 0.344 e. The summed E-state index contributed by atoms with van der Waals surface area (Å²) in [5.41, 5.74) is 6.25. The third-order valence-electron chi connectivity index (χ3n) is 7.39. The maximum Gasteiger partial charge on any atom is 0.344 e. The number of urea groups is 1. The second-order valence-corrected chi connectivity index (χ2v) is 9.93. The quantitative estimate of drug-likeness (QED) is 0.214. The molecule has 204 valence electrons. The average Bonchev–Trinajstić information content (AvgIpc) is 2.98. The minimum atomic E-state index is -0.123. The maximum absolute atomic E-state index is 13.7. The third kappa shape index (κ3) is 6.51. The lowest BCUT2D eigenvalue weighted by atomic mass is 9.96. The van der Waals surface area contributed by atoms with Gasteiger partial charge in [-0.05, 0) is 79.0 Å². The van der Waals surface area contributed by atoms with E-state index in [4.69, 9.17) is 9.47 Å². The van der Waals surface area contributed by atoms with Gasteiger partial charge in [0, 0.05) is 25.5 Å².